The molecule has 0 saturated carbocycles. The fourth-order valence-corrected chi connectivity index (χ4v) is 2.78. The van der Waals surface area contributed by atoms with Gasteiger partial charge in [-0.05, 0) is 36.4 Å². The smallest absolute Gasteiger partial charge is 0.255 e. The highest BCUT2D eigenvalue weighted by atomic mass is 35.5. The molecule has 0 bridgehead atoms. The van der Waals surface area contributed by atoms with Gasteiger partial charge in [-0.3, -0.25) is 4.79 Å². The zero-order chi connectivity index (χ0) is 16.6. The molecule has 0 unspecified atom stereocenters. The number of hydrogen-bond acceptors (Lipinski definition) is 2. The second-order valence-electron chi connectivity index (χ2n) is 5.23. The Kier molecular flexibility index (Phi) is 4.28. The Morgan fingerprint density at radius 3 is 2.65 bits per heavy atom. The normalized spacial score (nSPS) is 11.0. The van der Waals surface area contributed by atoms with Gasteiger partial charge in [-0.2, -0.15) is 0 Å². The van der Waals surface area contributed by atoms with Gasteiger partial charge in [0.15, 0.2) is 0 Å². The van der Waals surface area contributed by atoms with Crippen LogP contribution in [-0.2, 0) is 13.5 Å². The molecule has 1 amide bonds. The van der Waals surface area contributed by atoms with Gasteiger partial charge in [0.25, 0.3) is 5.91 Å². The first kappa shape index (κ1) is 15.8. The van der Waals surface area contributed by atoms with E-state index in [1.807, 2.05) is 17.7 Å². The van der Waals surface area contributed by atoms with E-state index in [1.54, 1.807) is 30.3 Å². The van der Waals surface area contributed by atoms with Crippen molar-refractivity contribution in [3.8, 4) is 0 Å². The van der Waals surface area contributed by atoms with Crippen molar-refractivity contribution >= 4 is 45.8 Å². The first-order chi connectivity index (χ1) is 11.0. The van der Waals surface area contributed by atoms with Crippen molar-refractivity contribution in [3.05, 3.63) is 57.8 Å². The number of imidazole rings is 1. The number of nitrogens with zero attached hydrogens (tertiary/aromatic N) is 2. The number of aromatic nitrogens is 2. The minimum Gasteiger partial charge on any atom is -0.331 e. The topological polar surface area (TPSA) is 46.9 Å². The molecule has 0 aliphatic carbocycles. The van der Waals surface area contributed by atoms with Crippen molar-refractivity contribution in [2.75, 3.05) is 5.32 Å². The summed E-state index contributed by atoms with van der Waals surface area (Å²) in [5, 5.41) is 3.66. The number of carbonyl (C=O) groups is 1. The average Bonchev–Trinajstić information content (AvgIpc) is 2.86. The summed E-state index contributed by atoms with van der Waals surface area (Å²) in [7, 11) is 1.98. The van der Waals surface area contributed by atoms with E-state index in [2.05, 4.69) is 17.2 Å². The number of benzene rings is 2. The molecule has 3 rings (SSSR count). The minimum absolute atomic E-state index is 0.214. The van der Waals surface area contributed by atoms with Gasteiger partial charge in [0.05, 0.1) is 21.1 Å². The second-order valence-corrected chi connectivity index (χ2v) is 6.04. The zero-order valence-electron chi connectivity index (χ0n) is 12.7. The Morgan fingerprint density at radius 1 is 1.17 bits per heavy atom. The lowest BCUT2D eigenvalue weighted by atomic mass is 10.2. The summed E-state index contributed by atoms with van der Waals surface area (Å²) in [4.78, 5) is 16.9. The lowest BCUT2D eigenvalue weighted by molar-refractivity contribution is 0.102. The highest BCUT2D eigenvalue weighted by Gasteiger charge is 2.11. The highest BCUT2D eigenvalue weighted by molar-refractivity contribution is 6.42. The zero-order valence-corrected chi connectivity index (χ0v) is 14.2. The molecule has 23 heavy (non-hydrogen) atoms. The van der Waals surface area contributed by atoms with Crippen LogP contribution in [0.15, 0.2) is 36.4 Å². The molecule has 1 aromatic heterocycles. The molecule has 2 aromatic carbocycles. The number of anilines is 1. The molecule has 0 spiro atoms. The predicted octanol–water partition coefficient (Wildman–Crippen LogP) is 4.69. The monoisotopic (exact) mass is 347 g/mol. The van der Waals surface area contributed by atoms with Gasteiger partial charge >= 0.3 is 0 Å². The summed E-state index contributed by atoms with van der Waals surface area (Å²) in [5.74, 6) is 0.774. The van der Waals surface area contributed by atoms with Crippen molar-refractivity contribution in [2.24, 2.45) is 7.05 Å². The van der Waals surface area contributed by atoms with Crippen molar-refractivity contribution in [1.82, 2.24) is 9.55 Å². The van der Waals surface area contributed by atoms with Crippen molar-refractivity contribution < 1.29 is 4.79 Å². The van der Waals surface area contributed by atoms with E-state index in [4.69, 9.17) is 23.2 Å². The van der Waals surface area contributed by atoms with Gasteiger partial charge in [0.2, 0.25) is 0 Å². The molecule has 0 aliphatic rings. The fraction of sp³-hybridized carbons (Fsp3) is 0.176. The van der Waals surface area contributed by atoms with E-state index >= 15 is 0 Å². The first-order valence-electron chi connectivity index (χ1n) is 7.21. The third-order valence-corrected chi connectivity index (χ3v) is 4.47. The number of aryl methyl sites for hydroxylation is 2. The standard InChI is InChI=1S/C17H15Cl2N3O/c1-3-16-21-14-8-10(4-7-15(14)22(16)2)17(23)20-11-5-6-12(18)13(19)9-11/h4-9H,3H2,1-2H3,(H,20,23). The Hall–Kier alpha value is -2.04. The van der Waals surface area contributed by atoms with Gasteiger partial charge < -0.3 is 9.88 Å². The van der Waals surface area contributed by atoms with Crippen LogP contribution in [0.1, 0.15) is 23.1 Å². The number of rotatable bonds is 3. The van der Waals surface area contributed by atoms with Gasteiger partial charge in [-0.15, -0.1) is 0 Å². The number of fused-ring (bicyclic) bond motifs is 1. The summed E-state index contributed by atoms with van der Waals surface area (Å²) in [6, 6.07) is 10.5. The maximum Gasteiger partial charge on any atom is 0.255 e. The molecule has 3 aromatic rings. The van der Waals surface area contributed by atoms with Crippen LogP contribution in [-0.4, -0.2) is 15.5 Å². The fourth-order valence-electron chi connectivity index (χ4n) is 2.48. The van der Waals surface area contributed by atoms with Crippen LogP contribution in [0.3, 0.4) is 0 Å². The third-order valence-electron chi connectivity index (χ3n) is 3.73. The van der Waals surface area contributed by atoms with Crippen LogP contribution in [0.5, 0.6) is 0 Å². The van der Waals surface area contributed by atoms with Crippen molar-refractivity contribution in [2.45, 2.75) is 13.3 Å². The number of amides is 1. The van der Waals surface area contributed by atoms with Crippen LogP contribution in [0.4, 0.5) is 5.69 Å². The lowest BCUT2D eigenvalue weighted by Crippen LogP contribution is -2.11. The number of nitrogens with one attached hydrogen (secondary N) is 1. The lowest BCUT2D eigenvalue weighted by Gasteiger charge is -2.06. The largest absolute Gasteiger partial charge is 0.331 e. The van der Waals surface area contributed by atoms with Crippen LogP contribution in [0.25, 0.3) is 11.0 Å². The van der Waals surface area contributed by atoms with Crippen molar-refractivity contribution in [3.63, 3.8) is 0 Å². The van der Waals surface area contributed by atoms with Crippen LogP contribution < -0.4 is 5.32 Å². The van der Waals surface area contributed by atoms with Crippen LogP contribution in [0, 0.1) is 0 Å². The molecule has 0 aliphatic heterocycles. The predicted molar refractivity (Wildman–Crippen MR) is 94.5 cm³/mol. The molecule has 118 valence electrons. The summed E-state index contributed by atoms with van der Waals surface area (Å²) in [6.07, 6.45) is 0.843. The van der Waals surface area contributed by atoms with Crippen LogP contribution >= 0.6 is 23.2 Å². The SMILES string of the molecule is CCc1nc2cc(C(=O)Nc3ccc(Cl)c(Cl)c3)ccc2n1C. The number of carbonyl (C=O) groups excluding carboxylic acids is 1. The van der Waals surface area contributed by atoms with Gasteiger partial charge in [0, 0.05) is 24.7 Å². The summed E-state index contributed by atoms with van der Waals surface area (Å²) >= 11 is 11.8. The molecule has 0 fully saturated rings. The van der Waals surface area contributed by atoms with Gasteiger partial charge in [-0.1, -0.05) is 30.1 Å². The van der Waals surface area contributed by atoms with E-state index in [1.165, 1.54) is 0 Å². The quantitative estimate of drug-likeness (QED) is 0.746. The number of halogens is 2. The molecule has 0 atom stereocenters. The third kappa shape index (κ3) is 3.05. The molecular formula is C17H15Cl2N3O. The molecule has 0 radical (unpaired) electrons. The molecule has 0 saturated heterocycles. The summed E-state index contributed by atoms with van der Waals surface area (Å²) in [6.45, 7) is 2.05. The molecule has 6 heteroatoms. The van der Waals surface area contributed by atoms with E-state index < -0.39 is 0 Å². The van der Waals surface area contributed by atoms with E-state index in [-0.39, 0.29) is 5.91 Å². The van der Waals surface area contributed by atoms with E-state index in [0.717, 1.165) is 23.3 Å². The minimum atomic E-state index is -0.214. The van der Waals surface area contributed by atoms with Gasteiger partial charge in [0.1, 0.15) is 5.82 Å². The summed E-state index contributed by atoms with van der Waals surface area (Å²) in [5.41, 5.74) is 2.96. The Balaban J connectivity index is 1.89. The molecule has 4 nitrogen and oxygen atoms in total. The molecular weight excluding hydrogens is 333 g/mol. The van der Waals surface area contributed by atoms with Crippen molar-refractivity contribution in [1.29, 1.82) is 0 Å². The van der Waals surface area contributed by atoms with Gasteiger partial charge in [-0.25, -0.2) is 4.98 Å². The number of hydrogen-bond donors (Lipinski definition) is 1. The highest BCUT2D eigenvalue weighted by Crippen LogP contribution is 2.25. The Labute approximate surface area is 144 Å². The first-order valence-corrected chi connectivity index (χ1v) is 7.97. The Morgan fingerprint density at radius 2 is 1.96 bits per heavy atom. The van der Waals surface area contributed by atoms with E-state index in [0.29, 0.717) is 21.3 Å². The Bertz CT molecular complexity index is 902. The van der Waals surface area contributed by atoms with Crippen LogP contribution in [0.2, 0.25) is 10.0 Å². The van der Waals surface area contributed by atoms with E-state index in [9.17, 15) is 4.79 Å². The molecule has 1 N–H and O–H groups in total. The molecule has 1 heterocycles. The summed E-state index contributed by atoms with van der Waals surface area (Å²) < 4.78 is 2.04. The second kappa shape index (κ2) is 6.22. The maximum absolute atomic E-state index is 12.4. The average molecular weight is 348 g/mol. The maximum atomic E-state index is 12.4.